The molecular formula is C23H17F4N5O5S. The van der Waals surface area contributed by atoms with Crippen LogP contribution in [0.25, 0.3) is 11.4 Å². The van der Waals surface area contributed by atoms with Gasteiger partial charge in [-0.25, -0.2) is 26.0 Å². The van der Waals surface area contributed by atoms with Crippen LogP contribution < -0.4 is 15.4 Å². The molecule has 2 amide bonds. The number of carbonyl (C=O) groups is 2. The van der Waals surface area contributed by atoms with E-state index in [1.807, 2.05) is 0 Å². The van der Waals surface area contributed by atoms with Crippen LogP contribution in [0.15, 0.2) is 42.8 Å². The molecule has 2 aliphatic rings. The van der Waals surface area contributed by atoms with Gasteiger partial charge in [0.15, 0.2) is 15.5 Å². The second-order valence-electron chi connectivity index (χ2n) is 8.73. The minimum atomic E-state index is -3.75. The van der Waals surface area contributed by atoms with E-state index in [4.69, 9.17) is 4.74 Å². The summed E-state index contributed by atoms with van der Waals surface area (Å²) in [4.78, 5) is 29.8. The Balaban J connectivity index is 1.64. The lowest BCUT2D eigenvalue weighted by Gasteiger charge is -2.38. The first-order valence-electron chi connectivity index (χ1n) is 10.9. The number of benzene rings is 1. The highest BCUT2D eigenvalue weighted by Crippen LogP contribution is 2.42. The van der Waals surface area contributed by atoms with E-state index in [1.54, 1.807) is 0 Å². The lowest BCUT2D eigenvalue weighted by molar-refractivity contribution is -0.113. The molecule has 2 aliphatic heterocycles. The Morgan fingerprint density at radius 2 is 2.05 bits per heavy atom. The number of nitrogens with one attached hydrogen (secondary N) is 2. The maximum Gasteiger partial charge on any atom is 0.272 e. The lowest BCUT2D eigenvalue weighted by atomic mass is 9.85. The summed E-state index contributed by atoms with van der Waals surface area (Å²) in [6.07, 6.45) is 1.43. The van der Waals surface area contributed by atoms with Crippen LogP contribution in [0.4, 0.5) is 23.2 Å². The van der Waals surface area contributed by atoms with Crippen molar-refractivity contribution >= 4 is 27.3 Å². The van der Waals surface area contributed by atoms with Crippen LogP contribution in [-0.2, 0) is 26.7 Å². The number of sulfone groups is 1. The van der Waals surface area contributed by atoms with Crippen molar-refractivity contribution in [3.8, 4) is 17.1 Å². The van der Waals surface area contributed by atoms with Gasteiger partial charge in [0.2, 0.25) is 5.91 Å². The third kappa shape index (κ3) is 4.49. The summed E-state index contributed by atoms with van der Waals surface area (Å²) in [5.41, 5.74) is -2.70. The number of hydrogen-bond donors (Lipinski definition) is 2. The molecule has 0 saturated heterocycles. The molecule has 0 bridgehead atoms. The van der Waals surface area contributed by atoms with Crippen LogP contribution in [0.3, 0.4) is 0 Å². The van der Waals surface area contributed by atoms with Gasteiger partial charge in [0.05, 0.1) is 24.1 Å². The molecule has 1 atom stereocenters. The second-order valence-corrected chi connectivity index (χ2v) is 10.9. The summed E-state index contributed by atoms with van der Waals surface area (Å²) in [6.45, 7) is -0.256. The van der Waals surface area contributed by atoms with E-state index in [0.29, 0.717) is 6.07 Å². The number of amides is 2. The van der Waals surface area contributed by atoms with Crippen molar-refractivity contribution in [3.63, 3.8) is 0 Å². The van der Waals surface area contributed by atoms with Gasteiger partial charge >= 0.3 is 0 Å². The molecule has 2 N–H and O–H groups in total. The van der Waals surface area contributed by atoms with Crippen LogP contribution >= 0.6 is 0 Å². The van der Waals surface area contributed by atoms with Crippen LogP contribution in [-0.4, -0.2) is 47.0 Å². The average molecular weight is 551 g/mol. The van der Waals surface area contributed by atoms with E-state index in [1.165, 1.54) is 12.1 Å². The fourth-order valence-corrected chi connectivity index (χ4v) is 4.90. The number of aromatic nitrogens is 3. The first-order chi connectivity index (χ1) is 17.9. The predicted molar refractivity (Wildman–Crippen MR) is 124 cm³/mol. The maximum atomic E-state index is 14.9. The third-order valence-corrected chi connectivity index (χ3v) is 6.64. The molecule has 2 aromatic heterocycles. The van der Waals surface area contributed by atoms with Gasteiger partial charge in [-0.15, -0.1) is 0 Å². The standard InChI is InChI=1S/C23H17F4N5O5S/c1-38(35,36)9-16(33)29-19-18(14-3-2-11(8-28-14)21(26)27)31-32-10-23(30-22(34)20(19)32)4-5-37-15-7-12(24)6-13(25)17(15)23/h2-8,21H,9-10H2,1H3,(H,29,33)(H,30,34)/t23-/m0/s1. The normalized spacial score (nSPS) is 18.1. The van der Waals surface area contributed by atoms with E-state index >= 15 is 0 Å². The summed E-state index contributed by atoms with van der Waals surface area (Å²) in [5.74, 6) is -4.82. The fourth-order valence-electron chi connectivity index (χ4n) is 4.35. The molecule has 1 aromatic carbocycles. The Morgan fingerprint density at radius 1 is 1.29 bits per heavy atom. The van der Waals surface area contributed by atoms with Crippen molar-refractivity contribution in [3.05, 3.63) is 71.3 Å². The zero-order chi connectivity index (χ0) is 27.4. The summed E-state index contributed by atoms with van der Waals surface area (Å²) < 4.78 is 84.4. The first-order valence-corrected chi connectivity index (χ1v) is 12.9. The number of hydrogen-bond acceptors (Lipinski definition) is 7. The zero-order valence-electron chi connectivity index (χ0n) is 19.3. The predicted octanol–water partition coefficient (Wildman–Crippen LogP) is 2.69. The summed E-state index contributed by atoms with van der Waals surface area (Å²) in [6, 6.07) is 3.86. The maximum absolute atomic E-state index is 14.9. The monoisotopic (exact) mass is 551 g/mol. The number of ether oxygens (including phenoxy) is 1. The lowest BCUT2D eigenvalue weighted by Crippen LogP contribution is -2.54. The molecule has 198 valence electrons. The Hall–Kier alpha value is -4.27. The number of carbonyl (C=O) groups excluding carboxylic acids is 2. The molecule has 38 heavy (non-hydrogen) atoms. The van der Waals surface area contributed by atoms with E-state index in [2.05, 4.69) is 20.7 Å². The van der Waals surface area contributed by atoms with E-state index in [-0.39, 0.29) is 46.2 Å². The summed E-state index contributed by atoms with van der Waals surface area (Å²) in [7, 11) is -3.75. The summed E-state index contributed by atoms with van der Waals surface area (Å²) in [5, 5.41) is 9.33. The highest BCUT2D eigenvalue weighted by Gasteiger charge is 2.46. The molecule has 3 aromatic rings. The van der Waals surface area contributed by atoms with Crippen molar-refractivity contribution in [2.45, 2.75) is 18.5 Å². The molecular weight excluding hydrogens is 534 g/mol. The number of rotatable bonds is 5. The minimum Gasteiger partial charge on any atom is -0.465 e. The molecule has 1 spiro atoms. The minimum absolute atomic E-state index is 0.0102. The Bertz CT molecular complexity index is 1620. The van der Waals surface area contributed by atoms with Gasteiger partial charge in [-0.05, 0) is 18.2 Å². The first kappa shape index (κ1) is 25.4. The Kier molecular flexibility index (Phi) is 5.97. The largest absolute Gasteiger partial charge is 0.465 e. The van der Waals surface area contributed by atoms with Gasteiger partial charge in [-0.3, -0.25) is 19.3 Å². The molecule has 0 fully saturated rings. The smallest absolute Gasteiger partial charge is 0.272 e. The van der Waals surface area contributed by atoms with Crippen LogP contribution in [0, 0.1) is 11.6 Å². The van der Waals surface area contributed by atoms with Crippen molar-refractivity contribution < 1.29 is 40.3 Å². The Morgan fingerprint density at radius 3 is 2.71 bits per heavy atom. The van der Waals surface area contributed by atoms with Crippen LogP contribution in [0.5, 0.6) is 5.75 Å². The highest BCUT2D eigenvalue weighted by atomic mass is 32.2. The molecule has 10 nitrogen and oxygen atoms in total. The van der Waals surface area contributed by atoms with Gasteiger partial charge in [0, 0.05) is 30.1 Å². The molecule has 4 heterocycles. The van der Waals surface area contributed by atoms with Gasteiger partial charge in [0.1, 0.15) is 40.1 Å². The quantitative estimate of drug-likeness (QED) is 0.466. The molecule has 0 aliphatic carbocycles. The molecule has 0 saturated carbocycles. The highest BCUT2D eigenvalue weighted by molar-refractivity contribution is 7.91. The van der Waals surface area contributed by atoms with Crippen molar-refractivity contribution in [2.75, 3.05) is 17.3 Å². The van der Waals surface area contributed by atoms with Crippen LogP contribution in [0.1, 0.15) is 28.0 Å². The zero-order valence-corrected chi connectivity index (χ0v) is 20.2. The topological polar surface area (TPSA) is 132 Å². The van der Waals surface area contributed by atoms with Crippen LogP contribution in [0.2, 0.25) is 0 Å². The number of halogens is 4. The van der Waals surface area contributed by atoms with E-state index in [9.17, 15) is 35.6 Å². The second kappa shape index (κ2) is 8.93. The van der Waals surface area contributed by atoms with E-state index in [0.717, 1.165) is 35.5 Å². The fraction of sp³-hybridized carbons (Fsp3) is 0.217. The Labute approximate surface area is 212 Å². The number of alkyl halides is 2. The third-order valence-electron chi connectivity index (χ3n) is 5.85. The average Bonchev–Trinajstić information content (AvgIpc) is 3.15. The number of fused-ring (bicyclic) bond motifs is 3. The van der Waals surface area contributed by atoms with E-state index < -0.39 is 51.0 Å². The van der Waals surface area contributed by atoms with Gasteiger partial charge in [0.25, 0.3) is 12.3 Å². The molecule has 0 unspecified atom stereocenters. The van der Waals surface area contributed by atoms with Crippen molar-refractivity contribution in [2.24, 2.45) is 0 Å². The number of anilines is 1. The number of pyridine rings is 1. The molecule has 15 heteroatoms. The molecule has 5 rings (SSSR count). The van der Waals surface area contributed by atoms with Gasteiger partial charge in [-0.2, -0.15) is 5.10 Å². The SMILES string of the molecule is CS(=O)(=O)CC(=O)Nc1c(-c2ccc(C(F)F)cn2)nn2c1C(=O)N[C@@]1(C=COc3cc(F)cc(F)c31)C2. The van der Waals surface area contributed by atoms with Gasteiger partial charge < -0.3 is 15.4 Å². The molecule has 0 radical (unpaired) electrons. The van der Waals surface area contributed by atoms with Gasteiger partial charge in [-0.1, -0.05) is 0 Å². The van der Waals surface area contributed by atoms with Crippen molar-refractivity contribution in [1.29, 1.82) is 0 Å². The van der Waals surface area contributed by atoms with Crippen molar-refractivity contribution in [1.82, 2.24) is 20.1 Å². The summed E-state index contributed by atoms with van der Waals surface area (Å²) >= 11 is 0. The number of nitrogens with zero attached hydrogens (tertiary/aromatic N) is 3.